The molecule has 1 aliphatic heterocycles. The summed E-state index contributed by atoms with van der Waals surface area (Å²) in [5.41, 5.74) is 2.97. The van der Waals surface area contributed by atoms with Gasteiger partial charge in [-0.15, -0.1) is 0 Å². The minimum Gasteiger partial charge on any atom is -0.374 e. The van der Waals surface area contributed by atoms with Crippen LogP contribution in [0.2, 0.25) is 0 Å². The molecule has 0 N–H and O–H groups in total. The van der Waals surface area contributed by atoms with Crippen molar-refractivity contribution in [3.8, 4) is 0 Å². The van der Waals surface area contributed by atoms with E-state index in [1.54, 1.807) is 0 Å². The van der Waals surface area contributed by atoms with Crippen LogP contribution in [0.4, 0.5) is 0 Å². The number of hydrogen-bond donors (Lipinski definition) is 0. The van der Waals surface area contributed by atoms with Gasteiger partial charge in [0.15, 0.2) is 0 Å². The van der Waals surface area contributed by atoms with Crippen molar-refractivity contribution >= 4 is 0 Å². The first-order valence-corrected chi connectivity index (χ1v) is 6.04. The summed E-state index contributed by atoms with van der Waals surface area (Å²) in [5, 5.41) is 0. The van der Waals surface area contributed by atoms with Crippen LogP contribution in [0.5, 0.6) is 0 Å². The first-order valence-electron chi connectivity index (χ1n) is 6.04. The molecule has 2 aliphatic rings. The van der Waals surface area contributed by atoms with Crippen molar-refractivity contribution in [1.82, 2.24) is 4.90 Å². The Kier molecular flexibility index (Phi) is 3.30. The summed E-state index contributed by atoms with van der Waals surface area (Å²) in [7, 11) is 2.22. The molecule has 15 heavy (non-hydrogen) atoms. The molecule has 0 radical (unpaired) electrons. The highest BCUT2D eigenvalue weighted by Gasteiger charge is 2.14. The number of rotatable bonds is 0. The molecule has 0 aromatic rings. The van der Waals surface area contributed by atoms with E-state index in [4.69, 9.17) is 0 Å². The zero-order valence-electron chi connectivity index (χ0n) is 9.87. The largest absolute Gasteiger partial charge is 0.374 e. The molecule has 82 valence electrons. The maximum Gasteiger partial charge on any atom is 0.0392 e. The average molecular weight is 203 g/mol. The molecular formula is C14H21N. The highest BCUT2D eigenvalue weighted by molar-refractivity contribution is 5.35. The van der Waals surface area contributed by atoms with Gasteiger partial charge in [0.1, 0.15) is 0 Å². The minimum atomic E-state index is 0.863. The zero-order valence-corrected chi connectivity index (χ0v) is 9.87. The fourth-order valence-corrected chi connectivity index (χ4v) is 2.33. The second kappa shape index (κ2) is 4.69. The Morgan fingerprint density at radius 1 is 1.20 bits per heavy atom. The van der Waals surface area contributed by atoms with Crippen LogP contribution in [-0.4, -0.2) is 18.5 Å². The molecule has 0 amide bonds. The van der Waals surface area contributed by atoms with Gasteiger partial charge in [-0.05, 0) is 43.3 Å². The maximum atomic E-state index is 2.41. The van der Waals surface area contributed by atoms with Crippen molar-refractivity contribution in [3.63, 3.8) is 0 Å². The van der Waals surface area contributed by atoms with Crippen LogP contribution in [-0.2, 0) is 0 Å². The monoisotopic (exact) mass is 203 g/mol. The first kappa shape index (κ1) is 10.5. The summed E-state index contributed by atoms with van der Waals surface area (Å²) < 4.78 is 0. The van der Waals surface area contributed by atoms with Gasteiger partial charge in [0.05, 0.1) is 0 Å². The summed E-state index contributed by atoms with van der Waals surface area (Å²) >= 11 is 0. The van der Waals surface area contributed by atoms with Gasteiger partial charge < -0.3 is 4.90 Å². The van der Waals surface area contributed by atoms with Crippen LogP contribution in [0, 0.1) is 5.92 Å². The molecule has 0 spiro atoms. The van der Waals surface area contributed by atoms with Crippen LogP contribution < -0.4 is 0 Å². The molecular weight excluding hydrogens is 182 g/mol. The van der Waals surface area contributed by atoms with Gasteiger partial charge in [-0.3, -0.25) is 0 Å². The van der Waals surface area contributed by atoms with Gasteiger partial charge in [-0.25, -0.2) is 0 Å². The quantitative estimate of drug-likeness (QED) is 0.582. The van der Waals surface area contributed by atoms with Gasteiger partial charge >= 0.3 is 0 Å². The standard InChI is InChI=1S/C14H21N/c1-12-8-9-13-6-4-3-5-7-14(13)15(2)11-10-12/h4-7,12H,3,8-11H2,1-2H3. The highest BCUT2D eigenvalue weighted by Crippen LogP contribution is 2.26. The number of hydrogen-bond acceptors (Lipinski definition) is 1. The lowest BCUT2D eigenvalue weighted by Gasteiger charge is -2.27. The summed E-state index contributed by atoms with van der Waals surface area (Å²) in [5.74, 6) is 0.863. The zero-order chi connectivity index (χ0) is 10.7. The van der Waals surface area contributed by atoms with E-state index in [9.17, 15) is 0 Å². The topological polar surface area (TPSA) is 3.24 Å². The molecule has 1 nitrogen and oxygen atoms in total. The molecule has 0 saturated heterocycles. The third-order valence-electron chi connectivity index (χ3n) is 3.47. The van der Waals surface area contributed by atoms with E-state index in [0.29, 0.717) is 0 Å². The molecule has 0 aromatic carbocycles. The average Bonchev–Trinajstić information content (AvgIpc) is 2.46. The fourth-order valence-electron chi connectivity index (χ4n) is 2.33. The van der Waals surface area contributed by atoms with E-state index >= 15 is 0 Å². The SMILES string of the molecule is CC1CCC2=C(C=CCC=C2)N(C)CC1. The normalized spacial score (nSPS) is 27.1. The lowest BCUT2D eigenvalue weighted by molar-refractivity contribution is 0.349. The Hall–Kier alpha value is -0.980. The van der Waals surface area contributed by atoms with E-state index < -0.39 is 0 Å². The van der Waals surface area contributed by atoms with Crippen LogP contribution >= 0.6 is 0 Å². The number of likely N-dealkylation sites (N-methyl/N-ethyl adjacent to an activating group) is 1. The highest BCUT2D eigenvalue weighted by atomic mass is 15.1. The maximum absolute atomic E-state index is 2.41. The van der Waals surface area contributed by atoms with Gasteiger partial charge in [-0.2, -0.15) is 0 Å². The smallest absolute Gasteiger partial charge is 0.0392 e. The number of allylic oxidation sites excluding steroid dienone is 5. The predicted octanol–water partition coefficient (Wildman–Crippen LogP) is 3.51. The lowest BCUT2D eigenvalue weighted by Crippen LogP contribution is -2.23. The molecule has 1 aliphatic carbocycles. The van der Waals surface area contributed by atoms with E-state index in [2.05, 4.69) is 43.2 Å². The van der Waals surface area contributed by atoms with E-state index in [0.717, 1.165) is 12.3 Å². The van der Waals surface area contributed by atoms with Gasteiger partial charge in [0, 0.05) is 19.3 Å². The van der Waals surface area contributed by atoms with Crippen LogP contribution in [0.1, 0.15) is 32.6 Å². The summed E-state index contributed by atoms with van der Waals surface area (Å²) in [4.78, 5) is 2.41. The Balaban J connectivity index is 2.27. The van der Waals surface area contributed by atoms with Gasteiger partial charge in [-0.1, -0.05) is 25.2 Å². The van der Waals surface area contributed by atoms with Crippen molar-refractivity contribution in [2.75, 3.05) is 13.6 Å². The molecule has 1 atom stereocenters. The van der Waals surface area contributed by atoms with E-state index in [1.165, 1.54) is 37.1 Å². The molecule has 1 unspecified atom stereocenters. The number of nitrogens with zero attached hydrogens (tertiary/aromatic N) is 1. The van der Waals surface area contributed by atoms with Gasteiger partial charge in [0.2, 0.25) is 0 Å². The Bertz CT molecular complexity index is 309. The molecule has 0 aromatic heterocycles. The minimum absolute atomic E-state index is 0.863. The van der Waals surface area contributed by atoms with Crippen LogP contribution in [0.15, 0.2) is 35.6 Å². The molecule has 1 heterocycles. The second-order valence-corrected chi connectivity index (χ2v) is 4.80. The summed E-state index contributed by atoms with van der Waals surface area (Å²) in [6.07, 6.45) is 14.1. The molecule has 2 rings (SSSR count). The third kappa shape index (κ3) is 2.53. The molecule has 0 bridgehead atoms. The third-order valence-corrected chi connectivity index (χ3v) is 3.47. The lowest BCUT2D eigenvalue weighted by atomic mass is 9.94. The van der Waals surface area contributed by atoms with Crippen LogP contribution in [0.25, 0.3) is 0 Å². The van der Waals surface area contributed by atoms with Crippen molar-refractivity contribution in [2.45, 2.75) is 32.6 Å². The van der Waals surface area contributed by atoms with Crippen molar-refractivity contribution in [1.29, 1.82) is 0 Å². The molecule has 1 heteroatoms. The van der Waals surface area contributed by atoms with E-state index in [-0.39, 0.29) is 0 Å². The second-order valence-electron chi connectivity index (χ2n) is 4.80. The summed E-state index contributed by atoms with van der Waals surface area (Å²) in [6, 6.07) is 0. The predicted molar refractivity (Wildman–Crippen MR) is 65.6 cm³/mol. The van der Waals surface area contributed by atoms with Crippen LogP contribution in [0.3, 0.4) is 0 Å². The van der Waals surface area contributed by atoms with Crippen molar-refractivity contribution in [3.05, 3.63) is 35.6 Å². The summed E-state index contributed by atoms with van der Waals surface area (Å²) in [6.45, 7) is 3.56. The Morgan fingerprint density at radius 2 is 2.00 bits per heavy atom. The van der Waals surface area contributed by atoms with Crippen molar-refractivity contribution < 1.29 is 0 Å². The fraction of sp³-hybridized carbons (Fsp3) is 0.571. The molecule has 0 fully saturated rings. The Morgan fingerprint density at radius 3 is 2.87 bits per heavy atom. The van der Waals surface area contributed by atoms with Gasteiger partial charge in [0.25, 0.3) is 0 Å². The molecule has 0 saturated carbocycles. The first-order chi connectivity index (χ1) is 7.27. The Labute approximate surface area is 93.2 Å². The van der Waals surface area contributed by atoms with Crippen molar-refractivity contribution in [2.24, 2.45) is 5.92 Å². The van der Waals surface area contributed by atoms with E-state index in [1.807, 2.05) is 0 Å².